The normalized spacial score (nSPS) is 13.2. The topological polar surface area (TPSA) is 29.9 Å². The second-order valence-electron chi connectivity index (χ2n) is 4.70. The van der Waals surface area contributed by atoms with Crippen LogP contribution in [0.4, 0.5) is 0 Å². The van der Waals surface area contributed by atoms with Gasteiger partial charge in [0, 0.05) is 24.5 Å². The van der Waals surface area contributed by atoms with Gasteiger partial charge in [0.2, 0.25) is 0 Å². The minimum absolute atomic E-state index is 0.548. The Bertz CT molecular complexity index is 321. The number of rotatable bonds is 9. The zero-order chi connectivity index (χ0) is 13.4. The maximum Gasteiger partial charge on any atom is 0.0762 e. The van der Waals surface area contributed by atoms with E-state index < -0.39 is 0 Å². The molecule has 1 N–H and O–H groups in total. The Hall–Kier alpha value is -0.480. The second kappa shape index (κ2) is 8.59. The standard InChI is InChI=1S/C14H27N3S/c1-5-12(11-18-4)15-10-13-8-9-17(16-13)14(6-2)7-3/h8-9,12,14-15H,5-7,10-11H2,1-4H3. The van der Waals surface area contributed by atoms with Crippen molar-refractivity contribution >= 4 is 11.8 Å². The molecule has 1 unspecified atom stereocenters. The third-order valence-corrected chi connectivity index (χ3v) is 4.15. The van der Waals surface area contributed by atoms with Crippen LogP contribution < -0.4 is 5.32 Å². The van der Waals surface area contributed by atoms with Gasteiger partial charge in [-0.1, -0.05) is 20.8 Å². The van der Waals surface area contributed by atoms with Gasteiger partial charge in [-0.2, -0.15) is 16.9 Å². The van der Waals surface area contributed by atoms with Crippen molar-refractivity contribution in [3.05, 3.63) is 18.0 Å². The molecule has 0 saturated heterocycles. The van der Waals surface area contributed by atoms with Crippen molar-refractivity contribution in [1.29, 1.82) is 0 Å². The summed E-state index contributed by atoms with van der Waals surface area (Å²) in [4.78, 5) is 0. The van der Waals surface area contributed by atoms with Crippen molar-refractivity contribution in [1.82, 2.24) is 15.1 Å². The SMILES string of the molecule is CCC(CSC)NCc1ccn(C(CC)CC)n1. The molecule has 18 heavy (non-hydrogen) atoms. The molecule has 1 atom stereocenters. The minimum Gasteiger partial charge on any atom is -0.307 e. The average molecular weight is 269 g/mol. The molecule has 0 fully saturated rings. The maximum absolute atomic E-state index is 4.67. The number of hydrogen-bond donors (Lipinski definition) is 1. The molecule has 0 aromatic carbocycles. The van der Waals surface area contributed by atoms with Gasteiger partial charge in [-0.3, -0.25) is 4.68 Å². The van der Waals surface area contributed by atoms with Crippen LogP contribution in [0.2, 0.25) is 0 Å². The Morgan fingerprint density at radius 1 is 1.28 bits per heavy atom. The van der Waals surface area contributed by atoms with Crippen LogP contribution in [0.5, 0.6) is 0 Å². The molecule has 1 aromatic heterocycles. The van der Waals surface area contributed by atoms with E-state index in [0.29, 0.717) is 12.1 Å². The third kappa shape index (κ3) is 4.65. The lowest BCUT2D eigenvalue weighted by Gasteiger charge is -2.15. The molecule has 3 nitrogen and oxygen atoms in total. The summed E-state index contributed by atoms with van der Waals surface area (Å²) in [5.74, 6) is 1.17. The first kappa shape index (κ1) is 15.6. The van der Waals surface area contributed by atoms with Crippen LogP contribution in [0, 0.1) is 0 Å². The third-order valence-electron chi connectivity index (χ3n) is 3.41. The summed E-state index contributed by atoms with van der Waals surface area (Å²) in [5, 5.41) is 8.24. The van der Waals surface area contributed by atoms with E-state index in [1.54, 1.807) is 0 Å². The minimum atomic E-state index is 0.548. The van der Waals surface area contributed by atoms with Gasteiger partial charge in [0.1, 0.15) is 0 Å². The van der Waals surface area contributed by atoms with Gasteiger partial charge in [-0.15, -0.1) is 0 Å². The van der Waals surface area contributed by atoms with Crippen molar-refractivity contribution in [2.75, 3.05) is 12.0 Å². The van der Waals surface area contributed by atoms with E-state index in [0.717, 1.165) is 25.1 Å². The van der Waals surface area contributed by atoms with Crippen LogP contribution in [-0.2, 0) is 6.54 Å². The first-order chi connectivity index (χ1) is 8.74. The summed E-state index contributed by atoms with van der Waals surface area (Å²) in [7, 11) is 0. The average Bonchev–Trinajstić information content (AvgIpc) is 2.85. The fourth-order valence-electron chi connectivity index (χ4n) is 2.11. The molecular formula is C14H27N3S. The summed E-state index contributed by atoms with van der Waals surface area (Å²) in [6.45, 7) is 7.56. The van der Waals surface area contributed by atoms with Gasteiger partial charge < -0.3 is 5.32 Å². The van der Waals surface area contributed by atoms with Crippen LogP contribution in [0.3, 0.4) is 0 Å². The van der Waals surface area contributed by atoms with Gasteiger partial charge >= 0.3 is 0 Å². The lowest BCUT2D eigenvalue weighted by molar-refractivity contribution is 0.422. The van der Waals surface area contributed by atoms with Crippen LogP contribution in [0.1, 0.15) is 51.8 Å². The monoisotopic (exact) mass is 269 g/mol. The highest BCUT2D eigenvalue weighted by atomic mass is 32.2. The Morgan fingerprint density at radius 3 is 2.56 bits per heavy atom. The largest absolute Gasteiger partial charge is 0.307 e. The van der Waals surface area contributed by atoms with E-state index in [1.807, 2.05) is 11.8 Å². The zero-order valence-electron chi connectivity index (χ0n) is 12.1. The summed E-state index contributed by atoms with van der Waals surface area (Å²) in [5.41, 5.74) is 1.15. The van der Waals surface area contributed by atoms with Gasteiger partial charge in [-0.25, -0.2) is 0 Å². The molecule has 1 rings (SSSR count). The molecule has 0 amide bonds. The summed E-state index contributed by atoms with van der Waals surface area (Å²) in [6.07, 6.45) is 7.74. The number of nitrogens with zero attached hydrogens (tertiary/aromatic N) is 2. The maximum atomic E-state index is 4.67. The molecule has 0 aliphatic carbocycles. The van der Waals surface area contributed by atoms with Gasteiger partial charge in [-0.05, 0) is 31.6 Å². The summed E-state index contributed by atoms with van der Waals surface area (Å²) >= 11 is 1.90. The van der Waals surface area contributed by atoms with E-state index in [2.05, 4.69) is 54.4 Å². The van der Waals surface area contributed by atoms with E-state index in [4.69, 9.17) is 0 Å². The van der Waals surface area contributed by atoms with E-state index >= 15 is 0 Å². The summed E-state index contributed by atoms with van der Waals surface area (Å²) in [6, 6.07) is 3.28. The van der Waals surface area contributed by atoms with Crippen LogP contribution >= 0.6 is 11.8 Å². The van der Waals surface area contributed by atoms with Gasteiger partial charge in [0.25, 0.3) is 0 Å². The molecule has 0 aliphatic rings. The molecule has 0 saturated carbocycles. The number of nitrogens with one attached hydrogen (secondary N) is 1. The van der Waals surface area contributed by atoms with Crippen molar-refractivity contribution in [2.45, 2.75) is 58.7 Å². The highest BCUT2D eigenvalue weighted by Gasteiger charge is 2.09. The first-order valence-electron chi connectivity index (χ1n) is 7.01. The predicted molar refractivity (Wildman–Crippen MR) is 81.1 cm³/mol. The fourth-order valence-corrected chi connectivity index (χ4v) is 2.86. The smallest absolute Gasteiger partial charge is 0.0762 e. The second-order valence-corrected chi connectivity index (χ2v) is 5.61. The van der Waals surface area contributed by atoms with Gasteiger partial charge in [0.05, 0.1) is 11.7 Å². The molecule has 0 radical (unpaired) electrons. The molecule has 104 valence electrons. The number of thioether (sulfide) groups is 1. The zero-order valence-corrected chi connectivity index (χ0v) is 13.0. The highest BCUT2D eigenvalue weighted by Crippen LogP contribution is 2.14. The summed E-state index contributed by atoms with van der Waals surface area (Å²) < 4.78 is 2.12. The van der Waals surface area contributed by atoms with Crippen LogP contribution in [0.25, 0.3) is 0 Å². The number of hydrogen-bond acceptors (Lipinski definition) is 3. The highest BCUT2D eigenvalue weighted by molar-refractivity contribution is 7.98. The van der Waals surface area contributed by atoms with E-state index in [9.17, 15) is 0 Å². The first-order valence-corrected chi connectivity index (χ1v) is 8.40. The van der Waals surface area contributed by atoms with Crippen molar-refractivity contribution < 1.29 is 0 Å². The van der Waals surface area contributed by atoms with Crippen LogP contribution in [0.15, 0.2) is 12.3 Å². The van der Waals surface area contributed by atoms with Gasteiger partial charge in [0.15, 0.2) is 0 Å². The molecular weight excluding hydrogens is 242 g/mol. The predicted octanol–water partition coefficient (Wildman–Crippen LogP) is 3.48. The molecule has 0 aliphatic heterocycles. The molecule has 0 spiro atoms. The molecule has 0 bridgehead atoms. The Labute approximate surface area is 116 Å². The van der Waals surface area contributed by atoms with Crippen molar-refractivity contribution in [3.8, 4) is 0 Å². The fraction of sp³-hybridized carbons (Fsp3) is 0.786. The number of aromatic nitrogens is 2. The lowest BCUT2D eigenvalue weighted by Crippen LogP contribution is -2.30. The van der Waals surface area contributed by atoms with Crippen LogP contribution in [-0.4, -0.2) is 27.8 Å². The molecule has 4 heteroatoms. The van der Waals surface area contributed by atoms with E-state index in [1.165, 1.54) is 12.2 Å². The Kier molecular flexibility index (Phi) is 7.44. The Morgan fingerprint density at radius 2 is 2.00 bits per heavy atom. The quantitative estimate of drug-likeness (QED) is 0.744. The molecule has 1 aromatic rings. The molecule has 1 heterocycles. The lowest BCUT2D eigenvalue weighted by atomic mass is 10.2. The van der Waals surface area contributed by atoms with Crippen molar-refractivity contribution in [2.24, 2.45) is 0 Å². The van der Waals surface area contributed by atoms with Crippen molar-refractivity contribution in [3.63, 3.8) is 0 Å². The Balaban J connectivity index is 2.48. The van der Waals surface area contributed by atoms with E-state index in [-0.39, 0.29) is 0 Å².